The van der Waals surface area contributed by atoms with E-state index in [1.807, 2.05) is 13.8 Å². The van der Waals surface area contributed by atoms with Crippen LogP contribution in [-0.4, -0.2) is 39.6 Å². The van der Waals surface area contributed by atoms with Crippen LogP contribution in [0.15, 0.2) is 52.4 Å². The monoisotopic (exact) mass is 481 g/mol. The molecule has 1 unspecified atom stereocenters. The summed E-state index contributed by atoms with van der Waals surface area (Å²) in [5.41, 5.74) is 1.55. The van der Waals surface area contributed by atoms with Crippen molar-refractivity contribution in [2.75, 3.05) is 12.4 Å². The summed E-state index contributed by atoms with van der Waals surface area (Å²) in [6.45, 7) is 7.63. The number of Topliss-reactive ketones (excluding diaryl/α,β-unsaturated/α-hetero) is 1. The van der Waals surface area contributed by atoms with Crippen LogP contribution in [0, 0.1) is 5.92 Å². The summed E-state index contributed by atoms with van der Waals surface area (Å²) in [4.78, 5) is 54.1. The molecule has 9 heteroatoms. The van der Waals surface area contributed by atoms with E-state index in [4.69, 9.17) is 4.74 Å². The summed E-state index contributed by atoms with van der Waals surface area (Å²) >= 11 is 1.17. The predicted octanol–water partition coefficient (Wildman–Crippen LogP) is 4.16. The molecule has 1 aromatic heterocycles. The van der Waals surface area contributed by atoms with E-state index in [-0.39, 0.29) is 23.2 Å². The maximum absolute atomic E-state index is 13.2. The molecular weight excluding hydrogens is 454 g/mol. The number of aromatic nitrogens is 2. The number of carbonyl (C=O) groups excluding carboxylic acids is 3. The zero-order valence-corrected chi connectivity index (χ0v) is 20.6. The van der Waals surface area contributed by atoms with Gasteiger partial charge in [0.25, 0.3) is 5.56 Å². The highest BCUT2D eigenvalue weighted by atomic mass is 32.2. The summed E-state index contributed by atoms with van der Waals surface area (Å²) < 4.78 is 6.34. The van der Waals surface area contributed by atoms with Gasteiger partial charge in [-0.2, -0.15) is 0 Å². The van der Waals surface area contributed by atoms with Crippen LogP contribution in [0.2, 0.25) is 0 Å². The molecule has 0 radical (unpaired) electrons. The highest BCUT2D eigenvalue weighted by Crippen LogP contribution is 2.25. The van der Waals surface area contributed by atoms with Crippen LogP contribution >= 0.6 is 11.8 Å². The van der Waals surface area contributed by atoms with Gasteiger partial charge in [-0.25, -0.2) is 9.78 Å². The smallest absolute Gasteiger partial charge is 0.337 e. The normalized spacial score (nSPS) is 11.9. The van der Waals surface area contributed by atoms with Crippen molar-refractivity contribution in [3.63, 3.8) is 0 Å². The lowest BCUT2D eigenvalue weighted by atomic mass is 10.1. The van der Waals surface area contributed by atoms with E-state index in [1.165, 1.54) is 37.9 Å². The fraction of sp³-hybridized carbons (Fsp3) is 0.320. The van der Waals surface area contributed by atoms with Gasteiger partial charge in [-0.1, -0.05) is 25.6 Å². The molecule has 0 aliphatic rings. The van der Waals surface area contributed by atoms with Crippen molar-refractivity contribution in [2.45, 2.75) is 44.6 Å². The molecular formula is C25H27N3O5S. The van der Waals surface area contributed by atoms with Gasteiger partial charge in [0, 0.05) is 17.8 Å². The summed E-state index contributed by atoms with van der Waals surface area (Å²) in [5.74, 6) is -0.667. The maximum atomic E-state index is 13.2. The predicted molar refractivity (Wildman–Crippen MR) is 133 cm³/mol. The molecule has 34 heavy (non-hydrogen) atoms. The number of nitrogens with one attached hydrogen (secondary N) is 1. The molecule has 8 nitrogen and oxygen atoms in total. The molecule has 0 saturated carbocycles. The fourth-order valence-electron chi connectivity index (χ4n) is 3.31. The van der Waals surface area contributed by atoms with Crippen molar-refractivity contribution in [2.24, 2.45) is 5.92 Å². The van der Waals surface area contributed by atoms with E-state index in [0.29, 0.717) is 39.4 Å². The van der Waals surface area contributed by atoms with Crippen LogP contribution in [0.1, 0.15) is 48.4 Å². The SMILES string of the molecule is COC(=O)c1ccc2c(=O)n(CC(C)C)c(SC(C)C(=O)Nc3ccc(C(C)=O)cc3)nc2c1. The number of ketones is 1. The van der Waals surface area contributed by atoms with Gasteiger partial charge in [-0.05, 0) is 62.2 Å². The Hall–Kier alpha value is -3.46. The highest BCUT2D eigenvalue weighted by molar-refractivity contribution is 8.00. The van der Waals surface area contributed by atoms with Crippen molar-refractivity contribution in [3.8, 4) is 0 Å². The molecule has 0 bridgehead atoms. The minimum Gasteiger partial charge on any atom is -0.465 e. The molecule has 0 aliphatic carbocycles. The van der Waals surface area contributed by atoms with Crippen LogP contribution < -0.4 is 10.9 Å². The van der Waals surface area contributed by atoms with Gasteiger partial charge in [-0.15, -0.1) is 0 Å². The van der Waals surface area contributed by atoms with Gasteiger partial charge in [-0.3, -0.25) is 19.0 Å². The Labute approximate surface area is 201 Å². The average molecular weight is 482 g/mol. The van der Waals surface area contributed by atoms with Gasteiger partial charge < -0.3 is 10.1 Å². The first-order chi connectivity index (χ1) is 16.1. The highest BCUT2D eigenvalue weighted by Gasteiger charge is 2.21. The number of ether oxygens (including phenoxy) is 1. The number of methoxy groups -OCH3 is 1. The number of thioether (sulfide) groups is 1. The summed E-state index contributed by atoms with van der Waals surface area (Å²) in [7, 11) is 1.29. The second-order valence-corrected chi connectivity index (χ2v) is 9.62. The van der Waals surface area contributed by atoms with E-state index in [1.54, 1.807) is 41.8 Å². The molecule has 1 amide bonds. The van der Waals surface area contributed by atoms with Gasteiger partial charge in [0.1, 0.15) is 0 Å². The van der Waals surface area contributed by atoms with Gasteiger partial charge >= 0.3 is 5.97 Å². The van der Waals surface area contributed by atoms with E-state index >= 15 is 0 Å². The number of benzene rings is 2. The van der Waals surface area contributed by atoms with Gasteiger partial charge in [0.2, 0.25) is 5.91 Å². The number of rotatable bonds is 8. The van der Waals surface area contributed by atoms with Gasteiger partial charge in [0.15, 0.2) is 10.9 Å². The molecule has 178 valence electrons. The Morgan fingerprint density at radius 1 is 1.06 bits per heavy atom. The third kappa shape index (κ3) is 5.72. The van der Waals surface area contributed by atoms with Crippen LogP contribution in [-0.2, 0) is 16.1 Å². The molecule has 2 aromatic carbocycles. The van der Waals surface area contributed by atoms with Crippen molar-refractivity contribution in [1.29, 1.82) is 0 Å². The number of hydrogen-bond acceptors (Lipinski definition) is 7. The lowest BCUT2D eigenvalue weighted by Crippen LogP contribution is -2.28. The Balaban J connectivity index is 1.92. The minimum atomic E-state index is -0.570. The third-order valence-corrected chi connectivity index (χ3v) is 6.19. The molecule has 0 spiro atoms. The Bertz CT molecular complexity index is 1300. The number of esters is 1. The van der Waals surface area contributed by atoms with E-state index in [2.05, 4.69) is 10.3 Å². The second kappa shape index (κ2) is 10.6. The summed E-state index contributed by atoms with van der Waals surface area (Å²) in [6, 6.07) is 11.3. The van der Waals surface area contributed by atoms with E-state index in [0.717, 1.165) is 0 Å². The molecule has 1 atom stereocenters. The van der Waals surface area contributed by atoms with Crippen molar-refractivity contribution >= 4 is 46.0 Å². The van der Waals surface area contributed by atoms with Crippen molar-refractivity contribution in [1.82, 2.24) is 9.55 Å². The number of anilines is 1. The topological polar surface area (TPSA) is 107 Å². The quantitative estimate of drug-likeness (QED) is 0.223. The fourth-order valence-corrected chi connectivity index (χ4v) is 4.22. The third-order valence-electron chi connectivity index (χ3n) is 5.10. The zero-order valence-electron chi connectivity index (χ0n) is 19.7. The number of fused-ring (bicyclic) bond motifs is 1. The summed E-state index contributed by atoms with van der Waals surface area (Å²) in [6.07, 6.45) is 0. The lowest BCUT2D eigenvalue weighted by Gasteiger charge is -2.18. The number of hydrogen-bond donors (Lipinski definition) is 1. The van der Waals surface area contributed by atoms with Crippen LogP contribution in [0.4, 0.5) is 5.69 Å². The number of carbonyl (C=O) groups is 3. The molecule has 1 heterocycles. The Morgan fingerprint density at radius 3 is 2.29 bits per heavy atom. The first kappa shape index (κ1) is 25.2. The Kier molecular flexibility index (Phi) is 7.88. The van der Waals surface area contributed by atoms with Crippen LogP contribution in [0.3, 0.4) is 0 Å². The van der Waals surface area contributed by atoms with E-state index in [9.17, 15) is 19.2 Å². The number of amides is 1. The first-order valence-corrected chi connectivity index (χ1v) is 11.7. The second-order valence-electron chi connectivity index (χ2n) is 8.31. The molecule has 0 aliphatic heterocycles. The molecule has 0 fully saturated rings. The standard InChI is InChI=1S/C25H27N3O5S/c1-14(2)13-28-23(31)20-11-8-18(24(32)33-5)12-21(20)27-25(28)34-16(4)22(30)26-19-9-6-17(7-10-19)15(3)29/h6-12,14,16H,13H2,1-5H3,(H,26,30). The largest absolute Gasteiger partial charge is 0.465 e. The average Bonchev–Trinajstić information content (AvgIpc) is 2.80. The lowest BCUT2D eigenvalue weighted by molar-refractivity contribution is -0.115. The minimum absolute atomic E-state index is 0.0531. The molecule has 3 rings (SSSR count). The number of nitrogens with zero attached hydrogens (tertiary/aromatic N) is 2. The van der Waals surface area contributed by atoms with Crippen molar-refractivity contribution < 1.29 is 19.1 Å². The summed E-state index contributed by atoms with van der Waals surface area (Å²) in [5, 5.41) is 3.03. The molecule has 0 saturated heterocycles. The van der Waals surface area contributed by atoms with E-state index < -0.39 is 11.2 Å². The Morgan fingerprint density at radius 2 is 1.71 bits per heavy atom. The van der Waals surface area contributed by atoms with Crippen LogP contribution in [0.5, 0.6) is 0 Å². The molecule has 3 aromatic rings. The molecule has 1 N–H and O–H groups in total. The van der Waals surface area contributed by atoms with Crippen LogP contribution in [0.25, 0.3) is 10.9 Å². The van der Waals surface area contributed by atoms with Crippen molar-refractivity contribution in [3.05, 3.63) is 63.9 Å². The first-order valence-electron chi connectivity index (χ1n) is 10.8. The van der Waals surface area contributed by atoms with Gasteiger partial charge in [0.05, 0.1) is 28.8 Å². The zero-order chi connectivity index (χ0) is 25.0. The maximum Gasteiger partial charge on any atom is 0.337 e.